The molecule has 1 aliphatic heterocycles. The molecule has 1 fully saturated rings. The molecule has 198 valence electrons. The fourth-order valence-corrected chi connectivity index (χ4v) is 4.58. The summed E-state index contributed by atoms with van der Waals surface area (Å²) in [4.78, 5) is 27.8. The predicted molar refractivity (Wildman–Crippen MR) is 148 cm³/mol. The lowest BCUT2D eigenvalue weighted by Crippen LogP contribution is -2.40. The number of hydrogen-bond donors (Lipinski definition) is 3. The van der Waals surface area contributed by atoms with E-state index in [2.05, 4.69) is 36.3 Å². The van der Waals surface area contributed by atoms with Gasteiger partial charge in [-0.1, -0.05) is 36.4 Å². The Morgan fingerprint density at radius 1 is 0.947 bits per heavy atom. The van der Waals surface area contributed by atoms with Gasteiger partial charge in [0, 0.05) is 36.7 Å². The Hall–Kier alpha value is -4.04. The number of halogens is 2. The van der Waals surface area contributed by atoms with Crippen LogP contribution in [0.25, 0.3) is 6.08 Å². The minimum atomic E-state index is -0.810. The Balaban J connectivity index is 1.48. The Morgan fingerprint density at radius 3 is 2.32 bits per heavy atom. The van der Waals surface area contributed by atoms with Gasteiger partial charge in [0.2, 0.25) is 11.8 Å². The van der Waals surface area contributed by atoms with Crippen LogP contribution in [0.5, 0.6) is 0 Å². The average Bonchev–Trinajstić information content (AvgIpc) is 3.33. The summed E-state index contributed by atoms with van der Waals surface area (Å²) in [5.41, 5.74) is 8.50. The number of amides is 2. The molecule has 0 saturated carbocycles. The molecule has 4 N–H and O–H groups in total. The minimum Gasteiger partial charge on any atom is -0.397 e. The van der Waals surface area contributed by atoms with Crippen LogP contribution in [0.3, 0.4) is 0 Å². The fourth-order valence-electron chi connectivity index (χ4n) is 4.58. The molecule has 0 bridgehead atoms. The van der Waals surface area contributed by atoms with E-state index in [-0.39, 0.29) is 29.0 Å². The van der Waals surface area contributed by atoms with Gasteiger partial charge in [0.05, 0.1) is 23.0 Å². The molecule has 0 aliphatic carbocycles. The summed E-state index contributed by atoms with van der Waals surface area (Å²) < 4.78 is 27.5. The Labute approximate surface area is 221 Å². The normalized spacial score (nSPS) is 18.0. The topological polar surface area (TPSA) is 87.5 Å². The molecular weight excluding hydrogens is 486 g/mol. The SMILES string of the molecule is CC(C)(C)N1CC(C(=O)Nc2ccc(F)cc2F)C(c2ccc(/C=C/C(=O)Nc3ccccc3N)cc2)C1. The number of carbonyl (C=O) groups is 2. The molecule has 3 aromatic rings. The van der Waals surface area contributed by atoms with E-state index in [0.717, 1.165) is 23.3 Å². The molecule has 6 nitrogen and oxygen atoms in total. The van der Waals surface area contributed by atoms with E-state index in [1.54, 1.807) is 30.3 Å². The van der Waals surface area contributed by atoms with Crippen molar-refractivity contribution in [3.63, 3.8) is 0 Å². The molecular formula is C30H32F2N4O2. The highest BCUT2D eigenvalue weighted by Gasteiger charge is 2.42. The van der Waals surface area contributed by atoms with Crippen molar-refractivity contribution in [3.8, 4) is 0 Å². The molecule has 8 heteroatoms. The van der Waals surface area contributed by atoms with Crippen molar-refractivity contribution in [1.82, 2.24) is 4.90 Å². The third-order valence-corrected chi connectivity index (χ3v) is 6.80. The Morgan fingerprint density at radius 2 is 1.66 bits per heavy atom. The number of para-hydroxylation sites is 2. The second-order valence-corrected chi connectivity index (χ2v) is 10.5. The molecule has 2 atom stereocenters. The standard InChI is InChI=1S/C30H32F2N4O2/c1-30(2,3)36-17-22(23(18-36)29(38)35-26-14-13-21(31)16-24(26)32)20-11-8-19(9-12-20)10-15-28(37)34-27-7-5-4-6-25(27)33/h4-16,22-23H,17-18,33H2,1-3H3,(H,34,37)(H,35,38)/b15-10+. The first-order valence-corrected chi connectivity index (χ1v) is 12.5. The number of anilines is 3. The monoisotopic (exact) mass is 518 g/mol. The van der Waals surface area contributed by atoms with Gasteiger partial charge in [0.25, 0.3) is 0 Å². The van der Waals surface area contributed by atoms with E-state index in [0.29, 0.717) is 24.5 Å². The third-order valence-electron chi connectivity index (χ3n) is 6.80. The maximum atomic E-state index is 14.2. The van der Waals surface area contributed by atoms with E-state index in [9.17, 15) is 18.4 Å². The van der Waals surface area contributed by atoms with Crippen molar-refractivity contribution in [2.24, 2.45) is 5.92 Å². The number of nitrogens with one attached hydrogen (secondary N) is 2. The van der Waals surface area contributed by atoms with Gasteiger partial charge in [-0.25, -0.2) is 8.78 Å². The Kier molecular flexibility index (Phi) is 7.92. The highest BCUT2D eigenvalue weighted by molar-refractivity contribution is 6.03. The number of hydrogen-bond acceptors (Lipinski definition) is 4. The molecule has 0 spiro atoms. The van der Waals surface area contributed by atoms with Crippen LogP contribution in [0, 0.1) is 17.6 Å². The third kappa shape index (κ3) is 6.44. The lowest BCUT2D eigenvalue weighted by molar-refractivity contribution is -0.120. The van der Waals surface area contributed by atoms with Crippen LogP contribution in [-0.4, -0.2) is 35.3 Å². The molecule has 2 unspecified atom stereocenters. The van der Waals surface area contributed by atoms with Gasteiger partial charge >= 0.3 is 0 Å². The molecule has 2 amide bonds. The van der Waals surface area contributed by atoms with Gasteiger partial charge < -0.3 is 16.4 Å². The van der Waals surface area contributed by atoms with Crippen molar-refractivity contribution >= 4 is 35.0 Å². The zero-order chi connectivity index (χ0) is 27.4. The van der Waals surface area contributed by atoms with Gasteiger partial charge in [-0.3, -0.25) is 14.5 Å². The minimum absolute atomic E-state index is 0.0413. The first kappa shape index (κ1) is 27.0. The zero-order valence-corrected chi connectivity index (χ0v) is 21.7. The number of carbonyl (C=O) groups excluding carboxylic acids is 2. The van der Waals surface area contributed by atoms with Gasteiger partial charge in [0.1, 0.15) is 11.6 Å². The number of rotatable bonds is 6. The molecule has 3 aromatic carbocycles. The molecule has 0 radical (unpaired) electrons. The lowest BCUT2D eigenvalue weighted by Gasteiger charge is -2.31. The van der Waals surface area contributed by atoms with E-state index < -0.39 is 17.6 Å². The van der Waals surface area contributed by atoms with Crippen molar-refractivity contribution < 1.29 is 18.4 Å². The maximum absolute atomic E-state index is 14.2. The highest BCUT2D eigenvalue weighted by Crippen LogP contribution is 2.37. The zero-order valence-electron chi connectivity index (χ0n) is 21.7. The van der Waals surface area contributed by atoms with Crippen LogP contribution in [0.2, 0.25) is 0 Å². The number of nitrogens with zero attached hydrogens (tertiary/aromatic N) is 1. The molecule has 1 aliphatic rings. The molecule has 1 saturated heterocycles. The van der Waals surface area contributed by atoms with Crippen LogP contribution in [0.1, 0.15) is 37.8 Å². The summed E-state index contributed by atoms with van der Waals surface area (Å²) in [6.07, 6.45) is 3.14. The molecule has 4 rings (SSSR count). The number of nitrogens with two attached hydrogens (primary N) is 1. The second kappa shape index (κ2) is 11.1. The summed E-state index contributed by atoms with van der Waals surface area (Å²) in [5.74, 6) is -2.67. The largest absolute Gasteiger partial charge is 0.397 e. The summed E-state index contributed by atoms with van der Waals surface area (Å²) in [6, 6.07) is 17.8. The van der Waals surface area contributed by atoms with Crippen LogP contribution in [0.4, 0.5) is 25.8 Å². The van der Waals surface area contributed by atoms with Crippen molar-refractivity contribution in [3.05, 3.63) is 95.6 Å². The van der Waals surface area contributed by atoms with Crippen LogP contribution in [-0.2, 0) is 9.59 Å². The van der Waals surface area contributed by atoms with Gasteiger partial charge in [-0.05, 0) is 62.2 Å². The van der Waals surface area contributed by atoms with Crippen LogP contribution in [0.15, 0.2) is 72.8 Å². The summed E-state index contributed by atoms with van der Waals surface area (Å²) in [6.45, 7) is 7.43. The first-order valence-electron chi connectivity index (χ1n) is 12.5. The lowest BCUT2D eigenvalue weighted by atomic mass is 9.88. The Bertz CT molecular complexity index is 1350. The average molecular weight is 519 g/mol. The van der Waals surface area contributed by atoms with Gasteiger partial charge in [0.15, 0.2) is 0 Å². The van der Waals surface area contributed by atoms with Crippen molar-refractivity contribution in [1.29, 1.82) is 0 Å². The number of benzene rings is 3. The van der Waals surface area contributed by atoms with E-state index in [1.165, 1.54) is 12.1 Å². The van der Waals surface area contributed by atoms with E-state index in [4.69, 9.17) is 5.73 Å². The molecule has 0 aromatic heterocycles. The van der Waals surface area contributed by atoms with Crippen molar-refractivity contribution in [2.75, 3.05) is 29.5 Å². The van der Waals surface area contributed by atoms with Crippen molar-refractivity contribution in [2.45, 2.75) is 32.2 Å². The smallest absolute Gasteiger partial charge is 0.248 e. The summed E-state index contributed by atoms with van der Waals surface area (Å²) >= 11 is 0. The summed E-state index contributed by atoms with van der Waals surface area (Å²) in [7, 11) is 0. The maximum Gasteiger partial charge on any atom is 0.248 e. The van der Waals surface area contributed by atoms with Crippen LogP contribution >= 0.6 is 0 Å². The van der Waals surface area contributed by atoms with E-state index in [1.807, 2.05) is 24.3 Å². The second-order valence-electron chi connectivity index (χ2n) is 10.5. The molecule has 1 heterocycles. The van der Waals surface area contributed by atoms with E-state index >= 15 is 0 Å². The van der Waals surface area contributed by atoms with Crippen LogP contribution < -0.4 is 16.4 Å². The first-order chi connectivity index (χ1) is 18.0. The fraction of sp³-hybridized carbons (Fsp3) is 0.267. The number of likely N-dealkylation sites (tertiary alicyclic amines) is 1. The quantitative estimate of drug-likeness (QED) is 0.291. The summed E-state index contributed by atoms with van der Waals surface area (Å²) in [5, 5.41) is 5.40. The predicted octanol–water partition coefficient (Wildman–Crippen LogP) is 5.65. The highest BCUT2D eigenvalue weighted by atomic mass is 19.1. The number of nitrogen functional groups attached to an aromatic ring is 1. The van der Waals surface area contributed by atoms with Gasteiger partial charge in [-0.15, -0.1) is 0 Å². The van der Waals surface area contributed by atoms with Gasteiger partial charge in [-0.2, -0.15) is 0 Å². The molecule has 38 heavy (non-hydrogen) atoms.